The summed E-state index contributed by atoms with van der Waals surface area (Å²) in [7, 11) is 0. The van der Waals surface area contributed by atoms with Gasteiger partial charge in [0.2, 0.25) is 0 Å². The van der Waals surface area contributed by atoms with Crippen molar-refractivity contribution in [3.8, 4) is 0 Å². The van der Waals surface area contributed by atoms with Gasteiger partial charge in [-0.15, -0.1) is 5.10 Å². The van der Waals surface area contributed by atoms with Crippen LogP contribution in [-0.2, 0) is 0 Å². The summed E-state index contributed by atoms with van der Waals surface area (Å²) in [6.07, 6.45) is 7.05. The molecule has 0 saturated heterocycles. The predicted molar refractivity (Wildman–Crippen MR) is 57.1 cm³/mol. The van der Waals surface area contributed by atoms with E-state index in [1.165, 1.54) is 25.7 Å². The van der Waals surface area contributed by atoms with E-state index in [1.54, 1.807) is 6.20 Å². The summed E-state index contributed by atoms with van der Waals surface area (Å²) in [6, 6.07) is 3.88. The zero-order chi connectivity index (χ0) is 9.86. The van der Waals surface area contributed by atoms with E-state index in [9.17, 15) is 0 Å². The Balaban J connectivity index is 1.83. The Bertz CT molecular complexity index is 280. The van der Waals surface area contributed by atoms with Gasteiger partial charge in [-0.2, -0.15) is 5.10 Å². The molecule has 1 aromatic heterocycles. The number of rotatable bonds is 5. The number of anilines is 1. The lowest BCUT2D eigenvalue weighted by atomic mass is 10.0. The lowest BCUT2D eigenvalue weighted by Crippen LogP contribution is -2.15. The van der Waals surface area contributed by atoms with E-state index in [1.807, 2.05) is 12.1 Å². The minimum Gasteiger partial charge on any atom is -0.368 e. The van der Waals surface area contributed by atoms with Crippen LogP contribution in [0.1, 0.15) is 32.6 Å². The summed E-state index contributed by atoms with van der Waals surface area (Å²) in [5.74, 6) is 0.898. The molecule has 14 heavy (non-hydrogen) atoms. The molecule has 0 radical (unpaired) electrons. The third-order valence-electron chi connectivity index (χ3n) is 2.95. The first-order chi connectivity index (χ1) is 6.85. The van der Waals surface area contributed by atoms with Crippen molar-refractivity contribution in [2.75, 3.05) is 11.9 Å². The molecule has 3 nitrogen and oxygen atoms in total. The zero-order valence-electron chi connectivity index (χ0n) is 8.66. The number of nitrogens with zero attached hydrogens (tertiary/aromatic N) is 2. The fraction of sp³-hybridized carbons (Fsp3) is 0.636. The lowest BCUT2D eigenvalue weighted by molar-refractivity contribution is 0.485. The minimum atomic E-state index is 0.576. The van der Waals surface area contributed by atoms with Crippen LogP contribution in [0.25, 0.3) is 0 Å². The molecule has 0 aliphatic heterocycles. The van der Waals surface area contributed by atoms with Crippen molar-refractivity contribution in [1.29, 1.82) is 0 Å². The van der Waals surface area contributed by atoms with Crippen LogP contribution >= 0.6 is 0 Å². The molecule has 1 aliphatic carbocycles. The van der Waals surface area contributed by atoms with E-state index >= 15 is 0 Å². The Kier molecular flexibility index (Phi) is 2.66. The molecular formula is C11H17N3. The minimum absolute atomic E-state index is 0.576. The van der Waals surface area contributed by atoms with Crippen molar-refractivity contribution in [3.63, 3.8) is 0 Å². The molecule has 1 N–H and O–H groups in total. The Morgan fingerprint density at radius 2 is 2.36 bits per heavy atom. The number of hydrogen-bond donors (Lipinski definition) is 1. The summed E-state index contributed by atoms with van der Waals surface area (Å²) in [4.78, 5) is 0. The van der Waals surface area contributed by atoms with Gasteiger partial charge in [0.15, 0.2) is 0 Å². The van der Waals surface area contributed by atoms with Crippen molar-refractivity contribution < 1.29 is 0 Å². The first-order valence-electron chi connectivity index (χ1n) is 5.36. The van der Waals surface area contributed by atoms with Crippen molar-refractivity contribution in [2.24, 2.45) is 5.41 Å². The first-order valence-corrected chi connectivity index (χ1v) is 5.36. The van der Waals surface area contributed by atoms with Crippen LogP contribution in [0.3, 0.4) is 0 Å². The second-order valence-electron chi connectivity index (χ2n) is 4.21. The Labute approximate surface area is 84.9 Å². The Morgan fingerprint density at radius 3 is 2.93 bits per heavy atom. The molecule has 1 heterocycles. The van der Waals surface area contributed by atoms with Gasteiger partial charge in [-0.25, -0.2) is 0 Å². The quantitative estimate of drug-likeness (QED) is 0.777. The van der Waals surface area contributed by atoms with Gasteiger partial charge in [0.1, 0.15) is 5.82 Å². The molecule has 0 aromatic carbocycles. The SMILES string of the molecule is CCCC1(CNc2cccnn2)CC1. The largest absolute Gasteiger partial charge is 0.368 e. The summed E-state index contributed by atoms with van der Waals surface area (Å²) in [6.45, 7) is 3.31. The summed E-state index contributed by atoms with van der Waals surface area (Å²) < 4.78 is 0. The van der Waals surface area contributed by atoms with E-state index in [0.717, 1.165) is 12.4 Å². The molecule has 0 atom stereocenters. The van der Waals surface area contributed by atoms with E-state index in [2.05, 4.69) is 22.4 Å². The predicted octanol–water partition coefficient (Wildman–Crippen LogP) is 2.47. The van der Waals surface area contributed by atoms with Gasteiger partial charge in [0, 0.05) is 12.7 Å². The van der Waals surface area contributed by atoms with Crippen LogP contribution in [0.2, 0.25) is 0 Å². The van der Waals surface area contributed by atoms with Gasteiger partial charge in [-0.05, 0) is 36.8 Å². The van der Waals surface area contributed by atoms with Crippen LogP contribution in [0.15, 0.2) is 18.3 Å². The average molecular weight is 191 g/mol. The molecule has 1 fully saturated rings. The van der Waals surface area contributed by atoms with Crippen LogP contribution in [0, 0.1) is 5.41 Å². The molecular weight excluding hydrogens is 174 g/mol. The maximum atomic E-state index is 4.01. The van der Waals surface area contributed by atoms with Crippen LogP contribution in [-0.4, -0.2) is 16.7 Å². The monoisotopic (exact) mass is 191 g/mol. The van der Waals surface area contributed by atoms with Gasteiger partial charge in [-0.1, -0.05) is 13.3 Å². The van der Waals surface area contributed by atoms with E-state index in [-0.39, 0.29) is 0 Å². The average Bonchev–Trinajstić information content (AvgIpc) is 2.98. The molecule has 0 amide bonds. The maximum absolute atomic E-state index is 4.01. The smallest absolute Gasteiger partial charge is 0.148 e. The number of hydrogen-bond acceptors (Lipinski definition) is 3. The normalized spacial score (nSPS) is 17.8. The molecule has 0 spiro atoms. The summed E-state index contributed by atoms with van der Waals surface area (Å²) in [5, 5.41) is 11.2. The summed E-state index contributed by atoms with van der Waals surface area (Å²) >= 11 is 0. The molecule has 3 heteroatoms. The fourth-order valence-corrected chi connectivity index (χ4v) is 1.90. The van der Waals surface area contributed by atoms with Crippen molar-refractivity contribution in [3.05, 3.63) is 18.3 Å². The topological polar surface area (TPSA) is 37.8 Å². The highest BCUT2D eigenvalue weighted by molar-refractivity contribution is 5.32. The molecule has 1 aromatic rings. The molecule has 76 valence electrons. The highest BCUT2D eigenvalue weighted by atomic mass is 15.2. The van der Waals surface area contributed by atoms with Crippen LogP contribution in [0.4, 0.5) is 5.82 Å². The third-order valence-corrected chi connectivity index (χ3v) is 2.95. The lowest BCUT2D eigenvalue weighted by Gasteiger charge is -2.14. The van der Waals surface area contributed by atoms with Crippen LogP contribution < -0.4 is 5.32 Å². The van der Waals surface area contributed by atoms with Gasteiger partial charge >= 0.3 is 0 Å². The second-order valence-corrected chi connectivity index (χ2v) is 4.21. The molecule has 0 unspecified atom stereocenters. The van der Waals surface area contributed by atoms with Gasteiger partial charge in [-0.3, -0.25) is 0 Å². The zero-order valence-corrected chi connectivity index (χ0v) is 8.66. The van der Waals surface area contributed by atoms with Crippen molar-refractivity contribution >= 4 is 5.82 Å². The standard InChI is InChI=1S/C11H17N3/c1-2-5-11(6-7-11)9-12-10-4-3-8-13-14-10/h3-4,8H,2,5-7,9H2,1H3,(H,12,14). The fourth-order valence-electron chi connectivity index (χ4n) is 1.90. The van der Waals surface area contributed by atoms with Crippen molar-refractivity contribution in [2.45, 2.75) is 32.6 Å². The molecule has 2 rings (SSSR count). The highest BCUT2D eigenvalue weighted by Crippen LogP contribution is 2.49. The molecule has 1 saturated carbocycles. The number of nitrogens with one attached hydrogen (secondary N) is 1. The highest BCUT2D eigenvalue weighted by Gasteiger charge is 2.41. The molecule has 0 bridgehead atoms. The molecule has 1 aliphatic rings. The second kappa shape index (κ2) is 3.95. The van der Waals surface area contributed by atoms with Gasteiger partial charge in [0.05, 0.1) is 0 Å². The Hall–Kier alpha value is -1.12. The third kappa shape index (κ3) is 2.22. The Morgan fingerprint density at radius 1 is 1.50 bits per heavy atom. The maximum Gasteiger partial charge on any atom is 0.148 e. The van der Waals surface area contributed by atoms with E-state index < -0.39 is 0 Å². The van der Waals surface area contributed by atoms with Crippen LogP contribution in [0.5, 0.6) is 0 Å². The number of aromatic nitrogens is 2. The van der Waals surface area contributed by atoms with Gasteiger partial charge in [0.25, 0.3) is 0 Å². The first kappa shape index (κ1) is 9.44. The van der Waals surface area contributed by atoms with Gasteiger partial charge < -0.3 is 5.32 Å². The summed E-state index contributed by atoms with van der Waals surface area (Å²) in [5.41, 5.74) is 0.576. The van der Waals surface area contributed by atoms with Crippen molar-refractivity contribution in [1.82, 2.24) is 10.2 Å². The van der Waals surface area contributed by atoms with E-state index in [0.29, 0.717) is 5.41 Å². The van der Waals surface area contributed by atoms with E-state index in [4.69, 9.17) is 0 Å².